The van der Waals surface area contributed by atoms with Gasteiger partial charge >= 0.3 is 0 Å². The van der Waals surface area contributed by atoms with E-state index in [0.717, 1.165) is 79.7 Å². The number of nitrogens with zero attached hydrogens (tertiary/aromatic N) is 19. The van der Waals surface area contributed by atoms with Crippen molar-refractivity contribution in [3.8, 4) is 68.3 Å². The second kappa shape index (κ2) is 26.0. The van der Waals surface area contributed by atoms with E-state index in [1.54, 1.807) is 17.7 Å². The van der Waals surface area contributed by atoms with Gasteiger partial charge in [-0.1, -0.05) is 72.2 Å². The van der Waals surface area contributed by atoms with E-state index in [9.17, 15) is 0 Å². The van der Waals surface area contributed by atoms with Crippen molar-refractivity contribution in [2.24, 2.45) is 7.05 Å². The number of hydrogen-bond acceptors (Lipinski definition) is 13. The topological polar surface area (TPSA) is 194 Å². The number of thiazole rings is 1. The number of hydrogen-bond donors (Lipinski definition) is 0. The summed E-state index contributed by atoms with van der Waals surface area (Å²) in [7, 11) is 2.02. The first-order chi connectivity index (χ1) is 40.7. The molecule has 0 bridgehead atoms. The van der Waals surface area contributed by atoms with Gasteiger partial charge in [-0.2, -0.15) is 12.1 Å². The van der Waals surface area contributed by atoms with Crippen molar-refractivity contribution in [2.75, 3.05) is 0 Å². The minimum atomic E-state index is -0.186. The Bertz CT molecular complexity index is 4440. The monoisotopic (exact) mass is 2310 g/mol. The van der Waals surface area contributed by atoms with Crippen molar-refractivity contribution in [3.63, 3.8) is 0 Å². The molecule has 0 fully saturated rings. The van der Waals surface area contributed by atoms with E-state index in [1.165, 1.54) is 33.8 Å². The minimum Gasteiger partial charge on any atom is -0.459 e. The molecular weight excluding hydrogens is 2250 g/mol. The first kappa shape index (κ1) is 71.4. The third-order valence-corrected chi connectivity index (χ3v) is 18.5. The molecule has 19 heterocycles. The van der Waals surface area contributed by atoms with Crippen molar-refractivity contribution in [3.05, 3.63) is 193 Å². The zero-order valence-electron chi connectivity index (χ0n) is 51.3. The molecule has 13 aromatic rings. The summed E-state index contributed by atoms with van der Waals surface area (Å²) in [6.45, 7) is 25.9. The van der Waals surface area contributed by atoms with E-state index in [-0.39, 0.29) is 160 Å². The van der Waals surface area contributed by atoms with E-state index in [1.807, 2.05) is 97.6 Å². The fourth-order valence-electron chi connectivity index (χ4n) is 12.9. The first-order valence-corrected chi connectivity index (χ1v) is 28.7. The van der Waals surface area contributed by atoms with Crippen LogP contribution in [0.5, 0.6) is 0 Å². The Hall–Kier alpha value is -5.50. The Morgan fingerprint density at radius 1 is 0.418 bits per heavy atom. The third-order valence-electron chi connectivity index (χ3n) is 17.4. The summed E-state index contributed by atoms with van der Waals surface area (Å²) in [5.74, 6) is 0.890. The van der Waals surface area contributed by atoms with Crippen LogP contribution < -0.4 is 0 Å². The van der Waals surface area contributed by atoms with Crippen LogP contribution >= 0.6 is 11.3 Å². The SMILES string of the molecule is CC1(C)c2c(nc3ccccn23)-c2[c-]ncn21.CC1(C)c2cccnc2-c2[c-]ccn21.CC1(C)c2cccnc2-c2[c-]ncn21.CC1(C)c2ocnc2-c2[c-]ncn21.CC1(C)c2scnc2-c2[c-]ncn21.Cn1cnc2c1C(C)(C)n1cn[c-]c1-2.[Pt].[Pt].[Pt].[Pt].[Pt].[Pt]. The summed E-state index contributed by atoms with van der Waals surface area (Å²) in [5.41, 5.74) is 19.4. The Labute approximate surface area is 617 Å². The Morgan fingerprint density at radius 3 is 1.49 bits per heavy atom. The molecule has 6 aliphatic rings. The molecule has 91 heavy (non-hydrogen) atoms. The maximum absolute atomic E-state index is 5.35. The molecule has 0 atom stereocenters. The minimum absolute atomic E-state index is 0. The van der Waals surface area contributed by atoms with Crippen LogP contribution in [0.4, 0.5) is 0 Å². The smallest absolute Gasteiger partial charge is 0.167 e. The Morgan fingerprint density at radius 2 is 0.901 bits per heavy atom. The molecule has 0 saturated heterocycles. The second-order valence-corrected chi connectivity index (χ2v) is 25.4. The molecule has 0 N–H and O–H groups in total. The normalized spacial score (nSPS) is 15.5. The van der Waals surface area contributed by atoms with E-state index in [4.69, 9.17) is 4.42 Å². The molecule has 0 radical (unpaired) electrons. The van der Waals surface area contributed by atoms with Crippen LogP contribution in [-0.4, -0.2) is 91.2 Å². The van der Waals surface area contributed by atoms with E-state index >= 15 is 0 Å². The van der Waals surface area contributed by atoms with E-state index in [0.29, 0.717) is 0 Å². The molecule has 0 unspecified atom stereocenters. The van der Waals surface area contributed by atoms with Gasteiger partial charge in [0, 0.05) is 202 Å². The maximum Gasteiger partial charge on any atom is 0.167 e. The maximum atomic E-state index is 5.35. The van der Waals surface area contributed by atoms with Crippen molar-refractivity contribution in [2.45, 2.75) is 116 Å². The van der Waals surface area contributed by atoms with Crippen LogP contribution in [0.25, 0.3) is 74.0 Å². The molecule has 20 nitrogen and oxygen atoms in total. The zero-order chi connectivity index (χ0) is 59.2. The van der Waals surface area contributed by atoms with Gasteiger partial charge in [0.15, 0.2) is 6.39 Å². The number of oxazole rings is 1. The van der Waals surface area contributed by atoms with E-state index < -0.39 is 0 Å². The number of fused-ring (bicyclic) bond motifs is 20. The second-order valence-electron chi connectivity index (χ2n) is 24.6. The first-order valence-electron chi connectivity index (χ1n) is 27.8. The summed E-state index contributed by atoms with van der Waals surface area (Å²) in [5, 5.41) is 0. The van der Waals surface area contributed by atoms with E-state index in [2.05, 4.69) is 231 Å². The molecule has 0 saturated carbocycles. The Balaban J connectivity index is 0.000000139. The largest absolute Gasteiger partial charge is 0.459 e. The molecule has 27 heteroatoms. The number of aryl methyl sites for hydroxylation is 1. The third kappa shape index (κ3) is 11.0. The number of aromatic nitrogens is 19. The molecule has 0 spiro atoms. The van der Waals surface area contributed by atoms with Gasteiger partial charge in [0.2, 0.25) is 0 Å². The molecule has 0 amide bonds. The van der Waals surface area contributed by atoms with Crippen molar-refractivity contribution in [1.82, 2.24) is 91.2 Å². The fraction of sp³-hybridized carbons (Fsp3) is 0.297. The molecule has 0 aromatic carbocycles. The number of imidazole rings is 7. The van der Waals surface area contributed by atoms with Crippen molar-refractivity contribution in [1.29, 1.82) is 0 Å². The van der Waals surface area contributed by atoms with Crippen LogP contribution in [0.15, 0.2) is 128 Å². The summed E-state index contributed by atoms with van der Waals surface area (Å²) in [6.07, 6.45) is 35.0. The predicted octanol–water partition coefficient (Wildman–Crippen LogP) is 10.9. The summed E-state index contributed by atoms with van der Waals surface area (Å²) < 4.78 is 22.3. The van der Waals surface area contributed by atoms with Crippen LogP contribution in [0.3, 0.4) is 0 Å². The van der Waals surface area contributed by atoms with Gasteiger partial charge in [0.1, 0.15) is 11.4 Å². The fourth-order valence-corrected chi connectivity index (χ4v) is 13.8. The molecule has 13 aromatic heterocycles. The average Bonchev–Trinajstić information content (AvgIpc) is 1.70. The van der Waals surface area contributed by atoms with Gasteiger partial charge in [0.05, 0.1) is 34.0 Å². The number of rotatable bonds is 0. The quantitative estimate of drug-likeness (QED) is 0.131. The standard InChI is InChI=1S/C13H11N4.C12H11N2.C11H10N3.C10H11N4.C9H8N3O.C9H8N3S.6Pt/c1-13(2)12-11(9-7-14-8-17(9)13)15-10-5-3-4-6-16(10)12;1-12(2)9-5-3-7-13-11(9)10-6-4-8-14(10)12;1-11(2)8-4-3-5-13-10(8)9-6-12-7-14(9)11;1-10(2)9-8(12-6-13(9)3)7-4-11-5-14(7)10;2*1-9(2)8-7(11-5-13-8)6-3-10-4-12(6)9;;;;;;/h3-6,8H,1-2H3;3-5,7-8H,1-2H3;3-5,7H,1-2H3;5-6H,1-3H3;2*4-5H,1-2H3;;;;;;/q6*-1;;;;;;. The summed E-state index contributed by atoms with van der Waals surface area (Å²) in [6, 6.07) is 19.5. The van der Waals surface area contributed by atoms with Crippen LogP contribution in [0, 0.1) is 37.1 Å². The van der Waals surface area contributed by atoms with Crippen LogP contribution in [0.2, 0.25) is 0 Å². The summed E-state index contributed by atoms with van der Waals surface area (Å²) in [4.78, 5) is 47.8. The van der Waals surface area contributed by atoms with Gasteiger partial charge in [0.25, 0.3) is 0 Å². The van der Waals surface area contributed by atoms with Crippen molar-refractivity contribution >= 4 is 17.0 Å². The summed E-state index contributed by atoms with van der Waals surface area (Å²) >= 11 is 1.70. The van der Waals surface area contributed by atoms with Gasteiger partial charge in [-0.15, -0.1) is 11.3 Å². The molecule has 0 aliphatic carbocycles. The molecule has 488 valence electrons. The van der Waals surface area contributed by atoms with Gasteiger partial charge in [-0.25, -0.2) is 0 Å². The molecular formula is C64H59N19OPt6S-6. The van der Waals surface area contributed by atoms with Crippen LogP contribution in [-0.2, 0) is 167 Å². The van der Waals surface area contributed by atoms with Crippen LogP contribution in [0.1, 0.15) is 116 Å². The zero-order valence-corrected chi connectivity index (χ0v) is 65.7. The van der Waals surface area contributed by atoms with Gasteiger partial charge in [-0.05, 0) is 179 Å². The number of pyridine rings is 3. The molecule has 19 rings (SSSR count). The predicted molar refractivity (Wildman–Crippen MR) is 319 cm³/mol. The average molecular weight is 2310 g/mol. The molecule has 6 aliphatic heterocycles. The van der Waals surface area contributed by atoms with Gasteiger partial charge in [-0.3, -0.25) is 15.0 Å². The van der Waals surface area contributed by atoms with Gasteiger partial charge < -0.3 is 80.7 Å². The van der Waals surface area contributed by atoms with Crippen molar-refractivity contribution < 1.29 is 131 Å². The Kier molecular flexibility index (Phi) is 20.4.